The second kappa shape index (κ2) is 5.03. The number of aryl methyl sites for hydroxylation is 2. The summed E-state index contributed by atoms with van der Waals surface area (Å²) in [4.78, 5) is 3.00. The van der Waals surface area contributed by atoms with Gasteiger partial charge in [-0.3, -0.25) is 0 Å². The molecule has 0 aromatic carbocycles. The van der Waals surface area contributed by atoms with Crippen molar-refractivity contribution in [2.45, 2.75) is 20.3 Å². The summed E-state index contributed by atoms with van der Waals surface area (Å²) in [6.45, 7) is 4.43. The monoisotopic (exact) mass is 193 g/mol. The molecule has 70 valence electrons. The molecule has 0 nitrogen and oxygen atoms in total. The van der Waals surface area contributed by atoms with Crippen LogP contribution in [-0.4, -0.2) is 0 Å². The maximum Gasteiger partial charge on any atom is 0.149 e. The molecule has 0 radical (unpaired) electrons. The topological polar surface area (TPSA) is 0 Å². The van der Waals surface area contributed by atoms with Crippen molar-refractivity contribution in [3.63, 3.8) is 0 Å². The van der Waals surface area contributed by atoms with E-state index in [4.69, 9.17) is 0 Å². The van der Waals surface area contributed by atoms with E-state index in [0.29, 0.717) is 10.5 Å². The van der Waals surface area contributed by atoms with Crippen molar-refractivity contribution in [1.29, 1.82) is 0 Å². The van der Waals surface area contributed by atoms with E-state index in [9.17, 15) is 0 Å². The van der Waals surface area contributed by atoms with Crippen molar-refractivity contribution >= 4 is 10.5 Å². The van der Waals surface area contributed by atoms with Gasteiger partial charge in [0, 0.05) is 13.3 Å². The van der Waals surface area contributed by atoms with Crippen LogP contribution < -0.4 is 0 Å². The molecule has 1 atom stereocenters. The molecule has 1 unspecified atom stereocenters. The Morgan fingerprint density at radius 3 is 2.31 bits per heavy atom. The Labute approximate surface area is 83.5 Å². The van der Waals surface area contributed by atoms with Gasteiger partial charge in [0.05, 0.1) is 0 Å². The first-order valence-electron chi connectivity index (χ1n) is 4.62. The zero-order chi connectivity index (χ0) is 9.68. The normalized spacial score (nSPS) is 10.8. The number of hydrogen-bond acceptors (Lipinski definition) is 0. The fraction of sp³-hybridized carbons (Fsp3) is 0.333. The van der Waals surface area contributed by atoms with E-state index >= 15 is 0 Å². The van der Waals surface area contributed by atoms with Crippen LogP contribution in [0, 0.1) is 6.92 Å². The molecule has 0 spiro atoms. The molecule has 0 saturated heterocycles. The van der Waals surface area contributed by atoms with Gasteiger partial charge in [-0.2, -0.15) is 0 Å². The predicted octanol–water partition coefficient (Wildman–Crippen LogP) is 3.97. The summed E-state index contributed by atoms with van der Waals surface area (Å²) in [6.07, 6.45) is 3.45. The Hall–Kier alpha value is -0.820. The van der Waals surface area contributed by atoms with Gasteiger partial charge in [0.2, 0.25) is 0 Å². The summed E-state index contributed by atoms with van der Waals surface area (Å²) in [5, 5.41) is 0. The van der Waals surface area contributed by atoms with Gasteiger partial charge in [0.1, 0.15) is 16.0 Å². The zero-order valence-corrected chi connectivity index (χ0v) is 9.40. The minimum atomic E-state index is 0.307. The summed E-state index contributed by atoms with van der Waals surface area (Å²) >= 11 is 0. The maximum absolute atomic E-state index is 2.30. The summed E-state index contributed by atoms with van der Waals surface area (Å²) in [7, 11) is 0.307. The van der Waals surface area contributed by atoms with Crippen molar-refractivity contribution in [1.82, 2.24) is 0 Å². The number of rotatable bonds is 1. The average Bonchev–Trinajstić information content (AvgIpc) is 2.21. The lowest BCUT2D eigenvalue weighted by Crippen LogP contribution is -1.77. The van der Waals surface area contributed by atoms with Crippen LogP contribution in [0.1, 0.15) is 16.7 Å². The predicted molar refractivity (Wildman–Crippen MR) is 61.6 cm³/mol. The molecule has 1 aromatic heterocycles. The Bertz CT molecular complexity index is 322. The standard InChI is InChI=1S/C12H17S/c1-4-12-10-8-6-5-7-9-11(2)13(12)3/h5-10H,4H2,1-3H3/q+1. The third kappa shape index (κ3) is 2.85. The molecule has 13 heavy (non-hydrogen) atoms. The van der Waals surface area contributed by atoms with Gasteiger partial charge >= 0.3 is 0 Å². The Balaban J connectivity index is 3.40. The van der Waals surface area contributed by atoms with Gasteiger partial charge in [-0.15, -0.1) is 0 Å². The molecule has 1 aromatic rings. The molecule has 0 N–H and O–H groups in total. The van der Waals surface area contributed by atoms with E-state index in [1.165, 1.54) is 9.75 Å². The van der Waals surface area contributed by atoms with Crippen LogP contribution in [0.25, 0.3) is 0 Å². The first-order chi connectivity index (χ1) is 6.25. The van der Waals surface area contributed by atoms with E-state index in [0.717, 1.165) is 6.42 Å². The van der Waals surface area contributed by atoms with Gasteiger partial charge in [0.15, 0.2) is 0 Å². The molecule has 0 amide bonds. The zero-order valence-electron chi connectivity index (χ0n) is 8.58. The summed E-state index contributed by atoms with van der Waals surface area (Å²) in [5.74, 6) is 0. The molecule has 0 aliphatic heterocycles. The molecule has 1 heteroatoms. The van der Waals surface area contributed by atoms with E-state index in [2.05, 4.69) is 56.5 Å². The quantitative estimate of drug-likeness (QED) is 0.592. The highest BCUT2D eigenvalue weighted by molar-refractivity contribution is 7.29. The summed E-state index contributed by atoms with van der Waals surface area (Å²) < 4.78 is 0. The Morgan fingerprint density at radius 1 is 1.08 bits per heavy atom. The lowest BCUT2D eigenvalue weighted by atomic mass is 10.4. The molecular weight excluding hydrogens is 176 g/mol. The van der Waals surface area contributed by atoms with Crippen LogP contribution in [0.15, 0.2) is 36.4 Å². The van der Waals surface area contributed by atoms with Crippen molar-refractivity contribution in [2.75, 3.05) is 0 Å². The Kier molecular flexibility index (Phi) is 3.97. The van der Waals surface area contributed by atoms with Crippen molar-refractivity contribution in [3.05, 3.63) is 46.2 Å². The lowest BCUT2D eigenvalue weighted by molar-refractivity contribution is 1.18. The van der Waals surface area contributed by atoms with Gasteiger partial charge in [0.25, 0.3) is 0 Å². The maximum atomic E-state index is 2.30. The lowest BCUT2D eigenvalue weighted by Gasteiger charge is -1.90. The third-order valence-corrected chi connectivity index (χ3v) is 4.48. The van der Waals surface area contributed by atoms with Gasteiger partial charge in [-0.05, 0) is 22.6 Å². The fourth-order valence-corrected chi connectivity index (χ4v) is 2.64. The highest BCUT2D eigenvalue weighted by Gasteiger charge is 2.03. The molecule has 0 aliphatic rings. The molecule has 1 rings (SSSR count). The van der Waals surface area contributed by atoms with Crippen molar-refractivity contribution < 1.29 is 0 Å². The number of hydrogen-bond donors (Lipinski definition) is 0. The van der Waals surface area contributed by atoms with Crippen LogP contribution >= 0.6 is 10.5 Å². The highest BCUT2D eigenvalue weighted by atomic mass is 32.2. The fourth-order valence-electron chi connectivity index (χ4n) is 1.23. The second-order valence-corrected chi connectivity index (χ2v) is 5.23. The molecular formula is C12H17S+. The van der Waals surface area contributed by atoms with E-state index < -0.39 is 0 Å². The van der Waals surface area contributed by atoms with Crippen molar-refractivity contribution in [3.8, 4) is 0 Å². The van der Waals surface area contributed by atoms with E-state index in [1.807, 2.05) is 0 Å². The first-order valence-corrected chi connectivity index (χ1v) is 6.25. The molecule has 0 aliphatic carbocycles. The van der Waals surface area contributed by atoms with Gasteiger partial charge in [-0.25, -0.2) is 0 Å². The SMILES string of the molecule is CCc1ccccccc(C)[s+]1C. The molecule has 0 saturated carbocycles. The van der Waals surface area contributed by atoms with Crippen LogP contribution in [0.5, 0.6) is 0 Å². The van der Waals surface area contributed by atoms with Gasteiger partial charge in [-0.1, -0.05) is 31.2 Å². The van der Waals surface area contributed by atoms with E-state index in [1.54, 1.807) is 0 Å². The second-order valence-electron chi connectivity index (χ2n) is 3.04. The molecule has 1 heterocycles. The smallest absolute Gasteiger partial charge is 0.0621 e. The first kappa shape index (κ1) is 10.3. The highest BCUT2D eigenvalue weighted by Crippen LogP contribution is 2.22. The molecule has 0 bridgehead atoms. The third-order valence-electron chi connectivity index (χ3n) is 2.17. The van der Waals surface area contributed by atoms with Gasteiger partial charge < -0.3 is 0 Å². The summed E-state index contributed by atoms with van der Waals surface area (Å²) in [6, 6.07) is 12.9. The minimum absolute atomic E-state index is 0.307. The van der Waals surface area contributed by atoms with Crippen LogP contribution in [0.4, 0.5) is 0 Å². The molecule has 0 fully saturated rings. The largest absolute Gasteiger partial charge is 0.149 e. The average molecular weight is 193 g/mol. The van der Waals surface area contributed by atoms with Crippen LogP contribution in [0.2, 0.25) is 0 Å². The van der Waals surface area contributed by atoms with Crippen LogP contribution in [-0.2, 0) is 12.7 Å². The summed E-state index contributed by atoms with van der Waals surface area (Å²) in [5.41, 5.74) is 0. The minimum Gasteiger partial charge on any atom is -0.0621 e. The van der Waals surface area contributed by atoms with Crippen molar-refractivity contribution in [2.24, 2.45) is 6.26 Å². The van der Waals surface area contributed by atoms with E-state index in [-0.39, 0.29) is 0 Å². The Morgan fingerprint density at radius 2 is 1.69 bits per heavy atom. The van der Waals surface area contributed by atoms with Crippen LogP contribution in [0.3, 0.4) is 0 Å².